The fourth-order valence-corrected chi connectivity index (χ4v) is 4.47. The van der Waals surface area contributed by atoms with Gasteiger partial charge < -0.3 is 10.2 Å². The fourth-order valence-electron chi connectivity index (χ4n) is 4.47. The van der Waals surface area contributed by atoms with Gasteiger partial charge in [-0.2, -0.15) is 0 Å². The Morgan fingerprint density at radius 1 is 0.882 bits per heavy atom. The van der Waals surface area contributed by atoms with E-state index in [1.807, 2.05) is 54.6 Å². The van der Waals surface area contributed by atoms with Gasteiger partial charge in [-0.3, -0.25) is 4.79 Å². The molecule has 0 saturated carbocycles. The second-order valence-electron chi connectivity index (χ2n) is 8.97. The minimum Gasteiger partial charge on any atom is -0.349 e. The molecular weight excluding hydrogens is 418 g/mol. The van der Waals surface area contributed by atoms with Crippen LogP contribution in [0.1, 0.15) is 36.1 Å². The van der Waals surface area contributed by atoms with Crippen molar-refractivity contribution in [3.8, 4) is 11.3 Å². The number of hydrogen-bond acceptors (Lipinski definition) is 3. The molecule has 1 amide bonds. The van der Waals surface area contributed by atoms with Gasteiger partial charge in [-0.1, -0.05) is 85.8 Å². The first-order chi connectivity index (χ1) is 16.6. The first-order valence-corrected chi connectivity index (χ1v) is 12.0. The molecule has 0 aliphatic rings. The van der Waals surface area contributed by atoms with E-state index in [1.165, 1.54) is 0 Å². The highest BCUT2D eigenvalue weighted by molar-refractivity contribution is 5.92. The lowest BCUT2D eigenvalue weighted by atomic mass is 9.92. The standard InChI is InChI=1S/C30H33N3O/c1-4-27(22-13-7-5-8-14-22)31-29(34)21-26-24-17-11-12-18-28(24)32-30(23-15-9-6-10-16-23)25(26)19-20-33(2)3/h5-18,27H,4,19-21H2,1-3H3,(H,31,34)/t27-/m0/s1. The average Bonchev–Trinajstić information content (AvgIpc) is 2.87. The molecule has 0 unspecified atom stereocenters. The van der Waals surface area contributed by atoms with Crippen LogP contribution in [0.4, 0.5) is 0 Å². The number of fused-ring (bicyclic) bond motifs is 1. The number of hydrogen-bond donors (Lipinski definition) is 1. The van der Waals surface area contributed by atoms with E-state index < -0.39 is 0 Å². The van der Waals surface area contributed by atoms with Crippen molar-refractivity contribution in [2.24, 2.45) is 0 Å². The maximum absolute atomic E-state index is 13.4. The van der Waals surface area contributed by atoms with Gasteiger partial charge in [-0.05, 0) is 49.7 Å². The second kappa shape index (κ2) is 11.1. The Balaban J connectivity index is 1.76. The molecule has 1 atom stereocenters. The molecule has 3 aromatic carbocycles. The second-order valence-corrected chi connectivity index (χ2v) is 8.97. The van der Waals surface area contributed by atoms with Crippen molar-refractivity contribution in [1.29, 1.82) is 0 Å². The van der Waals surface area contributed by atoms with Crippen molar-refractivity contribution in [2.75, 3.05) is 20.6 Å². The molecule has 0 aliphatic heterocycles. The maximum atomic E-state index is 13.4. The Kier molecular flexibility index (Phi) is 7.71. The van der Waals surface area contributed by atoms with Crippen LogP contribution in [0.15, 0.2) is 84.9 Å². The van der Waals surface area contributed by atoms with Crippen LogP contribution in [-0.2, 0) is 17.6 Å². The molecule has 1 heterocycles. The Hall–Kier alpha value is -3.50. The molecule has 1 aromatic heterocycles. The van der Waals surface area contributed by atoms with Gasteiger partial charge in [0.25, 0.3) is 0 Å². The van der Waals surface area contributed by atoms with Crippen LogP contribution in [0.3, 0.4) is 0 Å². The molecule has 0 bridgehead atoms. The van der Waals surface area contributed by atoms with Crippen LogP contribution < -0.4 is 5.32 Å². The number of aromatic nitrogens is 1. The molecule has 0 saturated heterocycles. The molecular formula is C30H33N3O. The van der Waals surface area contributed by atoms with Crippen LogP contribution in [0.25, 0.3) is 22.2 Å². The van der Waals surface area contributed by atoms with Gasteiger partial charge in [0.2, 0.25) is 5.91 Å². The van der Waals surface area contributed by atoms with Crippen molar-refractivity contribution in [3.05, 3.63) is 102 Å². The summed E-state index contributed by atoms with van der Waals surface area (Å²) in [5.74, 6) is 0.0390. The van der Waals surface area contributed by atoms with Crippen LogP contribution in [0, 0.1) is 0 Å². The summed E-state index contributed by atoms with van der Waals surface area (Å²) in [6.07, 6.45) is 2.00. The minimum atomic E-state index is 0.000574. The van der Waals surface area contributed by atoms with Gasteiger partial charge in [-0.15, -0.1) is 0 Å². The normalized spacial score (nSPS) is 12.1. The molecule has 4 nitrogen and oxygen atoms in total. The smallest absolute Gasteiger partial charge is 0.224 e. The quantitative estimate of drug-likeness (QED) is 0.349. The topological polar surface area (TPSA) is 45.2 Å². The summed E-state index contributed by atoms with van der Waals surface area (Å²) in [5.41, 5.74) is 6.34. The summed E-state index contributed by atoms with van der Waals surface area (Å²) in [5, 5.41) is 4.33. The Morgan fingerprint density at radius 2 is 1.53 bits per heavy atom. The van der Waals surface area contributed by atoms with Gasteiger partial charge in [0, 0.05) is 17.5 Å². The predicted molar refractivity (Wildman–Crippen MR) is 141 cm³/mol. The molecule has 0 radical (unpaired) electrons. The zero-order valence-electron chi connectivity index (χ0n) is 20.3. The lowest BCUT2D eigenvalue weighted by Gasteiger charge is -2.21. The zero-order valence-corrected chi connectivity index (χ0v) is 20.3. The van der Waals surface area contributed by atoms with Gasteiger partial charge in [-0.25, -0.2) is 4.98 Å². The Morgan fingerprint density at radius 3 is 2.21 bits per heavy atom. The van der Waals surface area contributed by atoms with E-state index in [0.717, 1.165) is 58.2 Å². The number of benzene rings is 3. The first-order valence-electron chi connectivity index (χ1n) is 12.0. The van der Waals surface area contributed by atoms with Crippen molar-refractivity contribution in [3.63, 3.8) is 0 Å². The van der Waals surface area contributed by atoms with E-state index in [9.17, 15) is 4.79 Å². The third-order valence-electron chi connectivity index (χ3n) is 6.25. The number of nitrogens with zero attached hydrogens (tertiary/aromatic N) is 2. The van der Waals surface area contributed by atoms with Crippen LogP contribution >= 0.6 is 0 Å². The molecule has 0 spiro atoms. The number of pyridine rings is 1. The number of carbonyl (C=O) groups excluding carboxylic acids is 1. The number of likely N-dealkylation sites (N-methyl/N-ethyl adjacent to an activating group) is 1. The van der Waals surface area contributed by atoms with Gasteiger partial charge >= 0.3 is 0 Å². The SMILES string of the molecule is CC[C@H](NC(=O)Cc1c(CCN(C)C)c(-c2ccccc2)nc2ccccc12)c1ccccc1. The van der Waals surface area contributed by atoms with Crippen LogP contribution in [0.5, 0.6) is 0 Å². The third-order valence-corrected chi connectivity index (χ3v) is 6.25. The molecule has 4 heteroatoms. The summed E-state index contributed by atoms with van der Waals surface area (Å²) in [6.45, 7) is 2.99. The van der Waals surface area contributed by atoms with E-state index in [1.54, 1.807) is 0 Å². The molecule has 4 aromatic rings. The van der Waals surface area contributed by atoms with Gasteiger partial charge in [0.05, 0.1) is 23.7 Å². The van der Waals surface area contributed by atoms with E-state index in [2.05, 4.69) is 61.6 Å². The minimum absolute atomic E-state index is 0.000574. The Bertz CT molecular complexity index is 1240. The summed E-state index contributed by atoms with van der Waals surface area (Å²) in [4.78, 5) is 20.6. The fraction of sp³-hybridized carbons (Fsp3) is 0.267. The molecule has 4 rings (SSSR count). The van der Waals surface area contributed by atoms with Crippen LogP contribution in [0.2, 0.25) is 0 Å². The molecule has 174 valence electrons. The summed E-state index contributed by atoms with van der Waals surface area (Å²) < 4.78 is 0. The average molecular weight is 452 g/mol. The van der Waals surface area contributed by atoms with Gasteiger partial charge in [0.15, 0.2) is 0 Å². The zero-order chi connectivity index (χ0) is 23.9. The van der Waals surface area contributed by atoms with E-state index >= 15 is 0 Å². The van der Waals surface area contributed by atoms with Crippen molar-refractivity contribution in [2.45, 2.75) is 32.2 Å². The molecule has 0 fully saturated rings. The lowest BCUT2D eigenvalue weighted by molar-refractivity contribution is -0.121. The molecule has 0 aliphatic carbocycles. The number of amides is 1. The van der Waals surface area contributed by atoms with E-state index in [-0.39, 0.29) is 11.9 Å². The molecule has 1 N–H and O–H groups in total. The lowest BCUT2D eigenvalue weighted by Crippen LogP contribution is -2.30. The number of nitrogens with one attached hydrogen (secondary N) is 1. The highest BCUT2D eigenvalue weighted by atomic mass is 16.1. The number of rotatable bonds is 9. The summed E-state index contributed by atoms with van der Waals surface area (Å²) in [6, 6.07) is 28.7. The number of carbonyl (C=O) groups is 1. The monoisotopic (exact) mass is 451 g/mol. The van der Waals surface area contributed by atoms with Crippen LogP contribution in [-0.4, -0.2) is 36.4 Å². The predicted octanol–water partition coefficient (Wildman–Crippen LogP) is 5.82. The highest BCUT2D eigenvalue weighted by Gasteiger charge is 2.20. The Labute approximate surface area is 202 Å². The van der Waals surface area contributed by atoms with Crippen molar-refractivity contribution in [1.82, 2.24) is 15.2 Å². The van der Waals surface area contributed by atoms with Crippen molar-refractivity contribution >= 4 is 16.8 Å². The molecule has 34 heavy (non-hydrogen) atoms. The summed E-state index contributed by atoms with van der Waals surface area (Å²) in [7, 11) is 4.16. The largest absolute Gasteiger partial charge is 0.349 e. The highest BCUT2D eigenvalue weighted by Crippen LogP contribution is 2.31. The van der Waals surface area contributed by atoms with E-state index in [4.69, 9.17) is 4.98 Å². The van der Waals surface area contributed by atoms with Crippen molar-refractivity contribution < 1.29 is 4.79 Å². The summed E-state index contributed by atoms with van der Waals surface area (Å²) >= 11 is 0. The first kappa shape index (κ1) is 23.7. The number of para-hydroxylation sites is 1. The third kappa shape index (κ3) is 5.52. The maximum Gasteiger partial charge on any atom is 0.224 e. The van der Waals surface area contributed by atoms with Gasteiger partial charge in [0.1, 0.15) is 0 Å². The van der Waals surface area contributed by atoms with E-state index in [0.29, 0.717) is 6.42 Å².